The van der Waals surface area contributed by atoms with Crippen LogP contribution in [0.2, 0.25) is 0 Å². The topological polar surface area (TPSA) is 43.4 Å². The van der Waals surface area contributed by atoms with E-state index in [0.29, 0.717) is 0 Å². The van der Waals surface area contributed by atoms with E-state index in [-0.39, 0.29) is 6.61 Å². The summed E-state index contributed by atoms with van der Waals surface area (Å²) in [6, 6.07) is 0. The molecule has 0 aliphatic rings. The van der Waals surface area contributed by atoms with Crippen molar-refractivity contribution < 1.29 is 12.6 Å². The molecule has 0 heterocycles. The molecule has 116 valence electrons. The highest BCUT2D eigenvalue weighted by molar-refractivity contribution is 8.09. The number of halogens is 1. The van der Waals surface area contributed by atoms with E-state index in [1.165, 1.54) is 57.8 Å². The Morgan fingerprint density at radius 1 is 0.737 bits per heavy atom. The standard InChI is InChI=1S/C14H29ClO3S/c1-2-3-4-5-6-7-8-9-10-11-12-13-14-18-19(15,16)17/h2-14H2,1H3. The molecule has 0 saturated heterocycles. The average Bonchev–Trinajstić information content (AvgIpc) is 2.34. The second kappa shape index (κ2) is 13.2. The highest BCUT2D eigenvalue weighted by atomic mass is 35.7. The summed E-state index contributed by atoms with van der Waals surface area (Å²) in [5.74, 6) is 0. The lowest BCUT2D eigenvalue weighted by molar-refractivity contribution is 0.315. The molecule has 0 amide bonds. The van der Waals surface area contributed by atoms with Gasteiger partial charge in [0, 0.05) is 10.7 Å². The Hall–Kier alpha value is 0.200. The van der Waals surface area contributed by atoms with Crippen LogP contribution in [0, 0.1) is 0 Å². The van der Waals surface area contributed by atoms with E-state index in [0.717, 1.165) is 19.3 Å². The van der Waals surface area contributed by atoms with Gasteiger partial charge in [-0.1, -0.05) is 77.6 Å². The molecule has 0 atom stereocenters. The second-order valence-electron chi connectivity index (χ2n) is 5.10. The first-order valence-corrected chi connectivity index (χ1v) is 9.88. The van der Waals surface area contributed by atoms with Crippen molar-refractivity contribution in [3.05, 3.63) is 0 Å². The zero-order chi connectivity index (χ0) is 14.4. The number of hydrogen-bond acceptors (Lipinski definition) is 3. The number of hydrogen-bond donors (Lipinski definition) is 0. The Bertz CT molecular complexity index is 278. The summed E-state index contributed by atoms with van der Waals surface area (Å²) in [7, 11) is 1.16. The van der Waals surface area contributed by atoms with Crippen LogP contribution in [0.5, 0.6) is 0 Å². The summed E-state index contributed by atoms with van der Waals surface area (Å²) in [4.78, 5) is 0. The average molecular weight is 313 g/mol. The monoisotopic (exact) mass is 312 g/mol. The van der Waals surface area contributed by atoms with Gasteiger partial charge in [-0.15, -0.1) is 0 Å². The summed E-state index contributed by atoms with van der Waals surface area (Å²) < 4.78 is 25.4. The van der Waals surface area contributed by atoms with Crippen LogP contribution in [0.4, 0.5) is 0 Å². The first kappa shape index (κ1) is 19.2. The molecule has 0 fully saturated rings. The predicted molar refractivity (Wildman–Crippen MR) is 81.8 cm³/mol. The Morgan fingerprint density at radius 3 is 1.47 bits per heavy atom. The highest BCUT2D eigenvalue weighted by Crippen LogP contribution is 2.12. The van der Waals surface area contributed by atoms with Gasteiger partial charge in [-0.25, -0.2) is 0 Å². The Balaban J connectivity index is 3.03. The maximum atomic E-state index is 10.5. The van der Waals surface area contributed by atoms with Crippen LogP contribution >= 0.6 is 10.7 Å². The van der Waals surface area contributed by atoms with E-state index in [1.54, 1.807) is 0 Å². The molecule has 5 heteroatoms. The minimum absolute atomic E-state index is 0.212. The number of unbranched alkanes of at least 4 members (excludes halogenated alkanes) is 11. The van der Waals surface area contributed by atoms with Gasteiger partial charge >= 0.3 is 9.33 Å². The zero-order valence-electron chi connectivity index (χ0n) is 12.2. The zero-order valence-corrected chi connectivity index (χ0v) is 13.8. The Kier molecular flexibility index (Phi) is 13.3. The molecule has 0 bridgehead atoms. The molecule has 19 heavy (non-hydrogen) atoms. The molecule has 0 aliphatic heterocycles. The van der Waals surface area contributed by atoms with Crippen LogP contribution in [-0.2, 0) is 13.5 Å². The van der Waals surface area contributed by atoms with Crippen molar-refractivity contribution in [1.82, 2.24) is 0 Å². The van der Waals surface area contributed by atoms with Gasteiger partial charge in [0.1, 0.15) is 0 Å². The van der Waals surface area contributed by atoms with Gasteiger partial charge in [0.2, 0.25) is 0 Å². The third-order valence-electron chi connectivity index (χ3n) is 3.22. The van der Waals surface area contributed by atoms with Crippen LogP contribution in [0.1, 0.15) is 84.0 Å². The van der Waals surface area contributed by atoms with E-state index >= 15 is 0 Å². The van der Waals surface area contributed by atoms with Gasteiger partial charge in [0.25, 0.3) is 0 Å². The van der Waals surface area contributed by atoms with Gasteiger partial charge in [0.15, 0.2) is 0 Å². The smallest absolute Gasteiger partial charge is 0.258 e. The molecule has 0 aromatic rings. The molecule has 3 nitrogen and oxygen atoms in total. The molecule has 0 aromatic heterocycles. The summed E-state index contributed by atoms with van der Waals surface area (Å²) in [6.07, 6.45) is 15.0. The van der Waals surface area contributed by atoms with Gasteiger partial charge in [0.05, 0.1) is 6.61 Å². The van der Waals surface area contributed by atoms with E-state index < -0.39 is 9.33 Å². The van der Waals surface area contributed by atoms with E-state index in [2.05, 4.69) is 11.1 Å². The fourth-order valence-electron chi connectivity index (χ4n) is 2.10. The molecular weight excluding hydrogens is 284 g/mol. The summed E-state index contributed by atoms with van der Waals surface area (Å²) in [5, 5.41) is 0. The van der Waals surface area contributed by atoms with Gasteiger partial charge in [-0.2, -0.15) is 8.42 Å². The van der Waals surface area contributed by atoms with Crippen molar-refractivity contribution >= 4 is 20.0 Å². The Labute approximate surface area is 123 Å². The predicted octanol–water partition coefficient (Wildman–Crippen LogP) is 5.19. The van der Waals surface area contributed by atoms with Crippen molar-refractivity contribution in [1.29, 1.82) is 0 Å². The number of rotatable bonds is 14. The minimum atomic E-state index is -3.77. The fraction of sp³-hybridized carbons (Fsp3) is 1.00. The fourth-order valence-corrected chi connectivity index (χ4v) is 2.61. The Morgan fingerprint density at radius 2 is 1.11 bits per heavy atom. The molecular formula is C14H29ClO3S. The van der Waals surface area contributed by atoms with E-state index in [4.69, 9.17) is 10.7 Å². The quantitative estimate of drug-likeness (QED) is 0.327. The molecule has 0 N–H and O–H groups in total. The van der Waals surface area contributed by atoms with Crippen molar-refractivity contribution in [2.24, 2.45) is 0 Å². The second-order valence-corrected chi connectivity index (χ2v) is 7.26. The van der Waals surface area contributed by atoms with Crippen LogP contribution in [0.3, 0.4) is 0 Å². The molecule has 0 saturated carbocycles. The van der Waals surface area contributed by atoms with Crippen molar-refractivity contribution in [3.8, 4) is 0 Å². The van der Waals surface area contributed by atoms with E-state index in [9.17, 15) is 8.42 Å². The summed E-state index contributed by atoms with van der Waals surface area (Å²) >= 11 is 0. The largest absolute Gasteiger partial charge is 0.355 e. The molecule has 0 rings (SSSR count). The lowest BCUT2D eigenvalue weighted by Crippen LogP contribution is -1.98. The lowest BCUT2D eigenvalue weighted by atomic mass is 10.1. The van der Waals surface area contributed by atoms with Crippen LogP contribution in [0.15, 0.2) is 0 Å². The molecule has 0 aliphatic carbocycles. The summed E-state index contributed by atoms with van der Waals surface area (Å²) in [6.45, 7) is 2.46. The van der Waals surface area contributed by atoms with Crippen LogP contribution in [0.25, 0.3) is 0 Å². The normalized spacial score (nSPS) is 11.9. The first-order valence-electron chi connectivity index (χ1n) is 7.65. The van der Waals surface area contributed by atoms with Crippen LogP contribution < -0.4 is 0 Å². The third kappa shape index (κ3) is 18.2. The highest BCUT2D eigenvalue weighted by Gasteiger charge is 2.03. The van der Waals surface area contributed by atoms with Crippen LogP contribution in [-0.4, -0.2) is 15.0 Å². The maximum Gasteiger partial charge on any atom is 0.355 e. The minimum Gasteiger partial charge on any atom is -0.258 e. The van der Waals surface area contributed by atoms with Gasteiger partial charge < -0.3 is 0 Å². The summed E-state index contributed by atoms with van der Waals surface area (Å²) in [5.41, 5.74) is 0. The first-order chi connectivity index (χ1) is 9.06. The van der Waals surface area contributed by atoms with Gasteiger partial charge in [-0.3, -0.25) is 4.18 Å². The van der Waals surface area contributed by atoms with Gasteiger partial charge in [-0.05, 0) is 6.42 Å². The molecule has 0 aromatic carbocycles. The maximum absolute atomic E-state index is 10.5. The lowest BCUT2D eigenvalue weighted by Gasteiger charge is -2.02. The third-order valence-corrected chi connectivity index (χ3v) is 3.94. The van der Waals surface area contributed by atoms with E-state index in [1.807, 2.05) is 0 Å². The molecule has 0 radical (unpaired) electrons. The van der Waals surface area contributed by atoms with Crippen molar-refractivity contribution in [3.63, 3.8) is 0 Å². The SMILES string of the molecule is CCCCCCCCCCCCCCOS(=O)(=O)Cl. The molecule has 0 spiro atoms. The molecule has 0 unspecified atom stereocenters. The van der Waals surface area contributed by atoms with Crippen molar-refractivity contribution in [2.75, 3.05) is 6.61 Å². The van der Waals surface area contributed by atoms with Crippen molar-refractivity contribution in [2.45, 2.75) is 84.0 Å².